The third-order valence-electron chi connectivity index (χ3n) is 3.48. The standard InChI is InChI=1S/C20H16O4/c1-3-19(21)24-20-16-12-8-7-11-15(16)17(13-18(20)22-2)23-14-9-5-4-6-10-14/h3-13H,1H2,2H3. The van der Waals surface area contributed by atoms with E-state index in [4.69, 9.17) is 14.2 Å². The molecule has 0 bridgehead atoms. The molecular weight excluding hydrogens is 304 g/mol. The maximum atomic E-state index is 11.6. The average molecular weight is 320 g/mol. The SMILES string of the molecule is C=CC(=O)Oc1c(OC)cc(Oc2ccccc2)c2ccccc12. The molecule has 0 saturated heterocycles. The van der Waals surface area contributed by atoms with E-state index in [0.717, 1.165) is 16.8 Å². The van der Waals surface area contributed by atoms with Gasteiger partial charge in [-0.3, -0.25) is 0 Å². The summed E-state index contributed by atoms with van der Waals surface area (Å²) >= 11 is 0. The quantitative estimate of drug-likeness (QED) is 0.387. The van der Waals surface area contributed by atoms with Gasteiger partial charge >= 0.3 is 5.97 Å². The van der Waals surface area contributed by atoms with Crippen molar-refractivity contribution < 1.29 is 19.0 Å². The molecule has 24 heavy (non-hydrogen) atoms. The number of ether oxygens (including phenoxy) is 3. The summed E-state index contributed by atoms with van der Waals surface area (Å²) in [7, 11) is 1.52. The van der Waals surface area contributed by atoms with Crippen molar-refractivity contribution in [3.63, 3.8) is 0 Å². The van der Waals surface area contributed by atoms with E-state index in [-0.39, 0.29) is 0 Å². The van der Waals surface area contributed by atoms with Gasteiger partial charge < -0.3 is 14.2 Å². The molecule has 3 aromatic carbocycles. The highest BCUT2D eigenvalue weighted by Gasteiger charge is 2.17. The first-order valence-electron chi connectivity index (χ1n) is 7.40. The number of methoxy groups -OCH3 is 1. The lowest BCUT2D eigenvalue weighted by atomic mass is 10.1. The Balaban J connectivity index is 2.16. The molecule has 0 aliphatic heterocycles. The molecule has 0 aromatic heterocycles. The molecule has 0 N–H and O–H groups in total. The normalized spacial score (nSPS) is 10.2. The van der Waals surface area contributed by atoms with Crippen LogP contribution in [0.2, 0.25) is 0 Å². The van der Waals surface area contributed by atoms with Crippen LogP contribution in [0.3, 0.4) is 0 Å². The van der Waals surface area contributed by atoms with E-state index < -0.39 is 5.97 Å². The molecular formula is C20H16O4. The minimum absolute atomic E-state index is 0.346. The molecule has 0 aliphatic carbocycles. The minimum Gasteiger partial charge on any atom is -0.493 e. The molecule has 0 atom stereocenters. The van der Waals surface area contributed by atoms with Gasteiger partial charge in [0.25, 0.3) is 0 Å². The fraction of sp³-hybridized carbons (Fsp3) is 0.0500. The number of fused-ring (bicyclic) bond motifs is 1. The number of esters is 1. The molecule has 0 amide bonds. The Bertz CT molecular complexity index is 885. The molecule has 0 heterocycles. The van der Waals surface area contributed by atoms with Gasteiger partial charge in [0.2, 0.25) is 0 Å². The predicted octanol–water partition coefficient (Wildman–Crippen LogP) is 4.73. The van der Waals surface area contributed by atoms with Gasteiger partial charge in [0, 0.05) is 22.9 Å². The first kappa shape index (κ1) is 15.6. The highest BCUT2D eigenvalue weighted by Crippen LogP contribution is 2.42. The monoisotopic (exact) mass is 320 g/mol. The second-order valence-electron chi connectivity index (χ2n) is 4.99. The van der Waals surface area contributed by atoms with Crippen LogP contribution in [0.25, 0.3) is 10.8 Å². The number of carbonyl (C=O) groups excluding carboxylic acids is 1. The molecule has 0 unspecified atom stereocenters. The van der Waals surface area contributed by atoms with Crippen LogP contribution >= 0.6 is 0 Å². The van der Waals surface area contributed by atoms with Crippen molar-refractivity contribution in [2.45, 2.75) is 0 Å². The summed E-state index contributed by atoms with van der Waals surface area (Å²) in [6.45, 7) is 3.43. The summed E-state index contributed by atoms with van der Waals surface area (Å²) in [5, 5.41) is 1.53. The summed E-state index contributed by atoms with van der Waals surface area (Å²) < 4.78 is 16.7. The zero-order valence-corrected chi connectivity index (χ0v) is 13.2. The van der Waals surface area contributed by atoms with Gasteiger partial charge in [0.1, 0.15) is 11.5 Å². The highest BCUT2D eigenvalue weighted by molar-refractivity contribution is 5.98. The van der Waals surface area contributed by atoms with E-state index in [2.05, 4.69) is 6.58 Å². The Morgan fingerprint density at radius 2 is 1.62 bits per heavy atom. The third-order valence-corrected chi connectivity index (χ3v) is 3.48. The molecule has 3 aromatic rings. The number of para-hydroxylation sites is 1. The highest BCUT2D eigenvalue weighted by atomic mass is 16.6. The van der Waals surface area contributed by atoms with E-state index in [9.17, 15) is 4.79 Å². The molecule has 120 valence electrons. The van der Waals surface area contributed by atoms with E-state index in [1.807, 2.05) is 54.6 Å². The second-order valence-corrected chi connectivity index (χ2v) is 4.99. The van der Waals surface area contributed by atoms with Gasteiger partial charge in [0.05, 0.1) is 7.11 Å². The van der Waals surface area contributed by atoms with Gasteiger partial charge in [0.15, 0.2) is 11.5 Å². The van der Waals surface area contributed by atoms with E-state index in [0.29, 0.717) is 23.0 Å². The summed E-state index contributed by atoms with van der Waals surface area (Å²) in [6, 6.07) is 18.7. The van der Waals surface area contributed by atoms with E-state index in [1.54, 1.807) is 6.07 Å². The van der Waals surface area contributed by atoms with Crippen molar-refractivity contribution in [3.05, 3.63) is 73.3 Å². The van der Waals surface area contributed by atoms with E-state index in [1.165, 1.54) is 7.11 Å². The Labute approximate surface area is 139 Å². The minimum atomic E-state index is -0.546. The molecule has 0 radical (unpaired) electrons. The lowest BCUT2D eigenvalue weighted by molar-refractivity contribution is -0.128. The number of hydrogen-bond acceptors (Lipinski definition) is 4. The Morgan fingerprint density at radius 3 is 2.29 bits per heavy atom. The molecule has 3 rings (SSSR count). The molecule has 0 spiro atoms. The predicted molar refractivity (Wildman–Crippen MR) is 92.8 cm³/mol. The molecule has 0 fully saturated rings. The summed E-state index contributed by atoms with van der Waals surface area (Å²) in [4.78, 5) is 11.6. The van der Waals surface area contributed by atoms with Gasteiger partial charge in [-0.25, -0.2) is 4.79 Å². The maximum Gasteiger partial charge on any atom is 0.335 e. The topological polar surface area (TPSA) is 44.8 Å². The van der Waals surface area contributed by atoms with Crippen LogP contribution in [-0.4, -0.2) is 13.1 Å². The van der Waals surface area contributed by atoms with Crippen LogP contribution in [0.4, 0.5) is 0 Å². The molecule has 4 heteroatoms. The lowest BCUT2D eigenvalue weighted by Crippen LogP contribution is -2.05. The van der Waals surface area contributed by atoms with Gasteiger partial charge in [-0.1, -0.05) is 49.0 Å². The Kier molecular flexibility index (Phi) is 4.47. The summed E-state index contributed by atoms with van der Waals surface area (Å²) in [5.74, 6) is 1.54. The second kappa shape index (κ2) is 6.87. The number of carbonyl (C=O) groups is 1. The molecule has 0 aliphatic rings. The number of hydrogen-bond donors (Lipinski definition) is 0. The van der Waals surface area contributed by atoms with Crippen LogP contribution in [0.15, 0.2) is 73.3 Å². The first-order chi connectivity index (χ1) is 11.7. The first-order valence-corrected chi connectivity index (χ1v) is 7.40. The zero-order chi connectivity index (χ0) is 16.9. The largest absolute Gasteiger partial charge is 0.493 e. The third kappa shape index (κ3) is 3.08. The van der Waals surface area contributed by atoms with Crippen LogP contribution in [0.1, 0.15) is 0 Å². The number of rotatable bonds is 5. The van der Waals surface area contributed by atoms with Crippen molar-refractivity contribution in [3.8, 4) is 23.0 Å². The summed E-state index contributed by atoms with van der Waals surface area (Å²) in [5.41, 5.74) is 0. The van der Waals surface area contributed by atoms with Crippen molar-refractivity contribution in [1.82, 2.24) is 0 Å². The zero-order valence-electron chi connectivity index (χ0n) is 13.2. The van der Waals surface area contributed by atoms with Crippen LogP contribution < -0.4 is 14.2 Å². The van der Waals surface area contributed by atoms with Crippen LogP contribution in [-0.2, 0) is 4.79 Å². The van der Waals surface area contributed by atoms with Crippen molar-refractivity contribution in [2.24, 2.45) is 0 Å². The van der Waals surface area contributed by atoms with Crippen molar-refractivity contribution in [1.29, 1.82) is 0 Å². The maximum absolute atomic E-state index is 11.6. The van der Waals surface area contributed by atoms with E-state index >= 15 is 0 Å². The van der Waals surface area contributed by atoms with Crippen LogP contribution in [0, 0.1) is 0 Å². The molecule has 0 saturated carbocycles. The fourth-order valence-corrected chi connectivity index (χ4v) is 2.39. The van der Waals surface area contributed by atoms with Gasteiger partial charge in [-0.05, 0) is 12.1 Å². The Morgan fingerprint density at radius 1 is 0.958 bits per heavy atom. The fourth-order valence-electron chi connectivity index (χ4n) is 2.39. The number of benzene rings is 3. The smallest absolute Gasteiger partial charge is 0.335 e. The lowest BCUT2D eigenvalue weighted by Gasteiger charge is -2.15. The molecule has 4 nitrogen and oxygen atoms in total. The van der Waals surface area contributed by atoms with Crippen molar-refractivity contribution >= 4 is 16.7 Å². The summed E-state index contributed by atoms with van der Waals surface area (Å²) in [6.07, 6.45) is 1.11. The average Bonchev–Trinajstić information content (AvgIpc) is 2.64. The van der Waals surface area contributed by atoms with Gasteiger partial charge in [-0.15, -0.1) is 0 Å². The van der Waals surface area contributed by atoms with Gasteiger partial charge in [-0.2, -0.15) is 0 Å². The van der Waals surface area contributed by atoms with Crippen LogP contribution in [0.5, 0.6) is 23.0 Å². The Hall–Kier alpha value is -3.27. The van der Waals surface area contributed by atoms with Crippen molar-refractivity contribution in [2.75, 3.05) is 7.11 Å².